The quantitative estimate of drug-likeness (QED) is 0.695. The zero-order chi connectivity index (χ0) is 17.1. The number of aliphatic imine (C=N–C) groups is 1. The first-order valence-electron chi connectivity index (χ1n) is 8.50. The summed E-state index contributed by atoms with van der Waals surface area (Å²) in [5.41, 5.74) is 6.74. The summed E-state index contributed by atoms with van der Waals surface area (Å²) >= 11 is 0. The van der Waals surface area contributed by atoms with E-state index in [1.807, 2.05) is 37.5 Å². The largest absolute Gasteiger partial charge is 0.294 e. The van der Waals surface area contributed by atoms with Crippen LogP contribution in [0.1, 0.15) is 52.4 Å². The van der Waals surface area contributed by atoms with Crippen molar-refractivity contribution in [2.75, 3.05) is 0 Å². The highest BCUT2D eigenvalue weighted by Crippen LogP contribution is 2.23. The summed E-state index contributed by atoms with van der Waals surface area (Å²) in [7, 11) is 0. The minimum absolute atomic E-state index is 0. The molecule has 0 spiro atoms. The van der Waals surface area contributed by atoms with Crippen molar-refractivity contribution in [2.45, 2.75) is 39.5 Å². The highest BCUT2D eigenvalue weighted by Gasteiger charge is 2.13. The molecule has 2 nitrogen and oxygen atoms in total. The Kier molecular flexibility index (Phi) is 4.75. The van der Waals surface area contributed by atoms with Crippen molar-refractivity contribution >= 4 is 12.0 Å². The van der Waals surface area contributed by atoms with Crippen LogP contribution < -0.4 is 0 Å². The predicted molar refractivity (Wildman–Crippen MR) is 102 cm³/mol. The molecule has 2 heteroatoms. The molecule has 1 atom stereocenters. The smallest absolute Gasteiger partial charge is 0.167 e. The molecule has 0 aromatic heterocycles. The van der Waals surface area contributed by atoms with Gasteiger partial charge in [0.1, 0.15) is 0 Å². The zero-order valence-corrected chi connectivity index (χ0v) is 14.5. The van der Waals surface area contributed by atoms with Gasteiger partial charge in [-0.15, -0.1) is 0 Å². The Morgan fingerprint density at radius 2 is 1.88 bits per heavy atom. The summed E-state index contributed by atoms with van der Waals surface area (Å²) in [6.07, 6.45) is 7.28. The molecule has 0 aliphatic carbocycles. The Hall–Kier alpha value is -2.48. The lowest BCUT2D eigenvalue weighted by molar-refractivity contribution is 0.0993. The van der Waals surface area contributed by atoms with Gasteiger partial charge in [-0.3, -0.25) is 9.79 Å². The second kappa shape index (κ2) is 6.96. The number of rotatable bonds is 5. The van der Waals surface area contributed by atoms with E-state index in [0.29, 0.717) is 6.42 Å². The van der Waals surface area contributed by atoms with Crippen LogP contribution in [-0.4, -0.2) is 12.0 Å². The molecule has 0 amide bonds. The Morgan fingerprint density at radius 3 is 2.54 bits per heavy atom. The van der Waals surface area contributed by atoms with Gasteiger partial charge in [-0.05, 0) is 54.2 Å². The van der Waals surface area contributed by atoms with Crippen molar-refractivity contribution in [1.29, 1.82) is 0 Å². The fourth-order valence-corrected chi connectivity index (χ4v) is 3.02. The first kappa shape index (κ1) is 16.4. The van der Waals surface area contributed by atoms with Crippen LogP contribution >= 0.6 is 0 Å². The minimum Gasteiger partial charge on any atom is -0.294 e. The molecule has 2 aromatic carbocycles. The van der Waals surface area contributed by atoms with Gasteiger partial charge in [0.15, 0.2) is 5.78 Å². The first-order chi connectivity index (χ1) is 11.6. The summed E-state index contributed by atoms with van der Waals surface area (Å²) in [6.45, 7) is 6.26. The number of allylic oxidation sites excluding steroid dienone is 1. The van der Waals surface area contributed by atoms with E-state index in [-0.39, 0.29) is 13.1 Å². The Morgan fingerprint density at radius 1 is 1.08 bits per heavy atom. The van der Waals surface area contributed by atoms with Crippen molar-refractivity contribution in [1.82, 2.24) is 0 Å². The first-order valence-corrected chi connectivity index (χ1v) is 8.50. The van der Waals surface area contributed by atoms with E-state index in [4.69, 9.17) is 0 Å². The van der Waals surface area contributed by atoms with E-state index in [2.05, 4.69) is 43.1 Å². The maximum atomic E-state index is 12.7. The molecular weight excluding hydrogens is 294 g/mol. The molecule has 1 heterocycles. The highest BCUT2D eigenvalue weighted by atomic mass is 16.1. The number of aryl methyl sites for hydroxylation is 3. The van der Waals surface area contributed by atoms with Crippen LogP contribution in [0.3, 0.4) is 0 Å². The molecule has 2 aromatic rings. The molecule has 0 bridgehead atoms. The summed E-state index contributed by atoms with van der Waals surface area (Å²) in [4.78, 5) is 16.8. The van der Waals surface area contributed by atoms with E-state index in [0.717, 1.165) is 23.1 Å². The van der Waals surface area contributed by atoms with Crippen molar-refractivity contribution in [3.05, 3.63) is 82.1 Å². The summed E-state index contributed by atoms with van der Waals surface area (Å²) in [5.74, 6) is 0.403. The monoisotopic (exact) mass is 319 g/mol. The number of nitrogens with zero attached hydrogens (tertiary/aromatic N) is 1. The van der Waals surface area contributed by atoms with Crippen LogP contribution in [0.2, 0.25) is 0 Å². The van der Waals surface area contributed by atoms with Gasteiger partial charge < -0.3 is 0 Å². The van der Waals surface area contributed by atoms with Crippen LogP contribution in [0.5, 0.6) is 0 Å². The van der Waals surface area contributed by atoms with E-state index in [1.54, 1.807) is 0 Å². The number of carbonyl (C=O) groups excluding carboxylic acids is 1. The lowest BCUT2D eigenvalue weighted by Crippen LogP contribution is -2.06. The normalized spacial score (nSPS) is 15.9. The fourth-order valence-electron chi connectivity index (χ4n) is 3.02. The highest BCUT2D eigenvalue weighted by molar-refractivity contribution is 5.97. The maximum Gasteiger partial charge on any atom is 0.167 e. The number of hydrogen-bond acceptors (Lipinski definition) is 2. The molecule has 0 saturated carbocycles. The molecule has 0 saturated heterocycles. The molecule has 1 unspecified atom stereocenters. The van der Waals surface area contributed by atoms with Crippen LogP contribution in [0.4, 0.5) is 0 Å². The molecule has 24 heavy (non-hydrogen) atoms. The van der Waals surface area contributed by atoms with Gasteiger partial charge in [-0.1, -0.05) is 43.3 Å². The second-order valence-electron chi connectivity index (χ2n) is 6.50. The Bertz CT molecular complexity index is 824. The molecule has 3 rings (SSSR count). The average molecular weight is 319 g/mol. The number of Topliss-reactive ketones (excluding diaryl/α,β-unsaturated/α-hetero) is 1. The van der Waals surface area contributed by atoms with Crippen LogP contribution in [0, 0.1) is 13.8 Å². The topological polar surface area (TPSA) is 29.4 Å². The van der Waals surface area contributed by atoms with E-state index >= 15 is 0 Å². The minimum atomic E-state index is 0. The maximum absolute atomic E-state index is 12.7. The molecular formula is C22H25NO. The lowest BCUT2D eigenvalue weighted by Gasteiger charge is -2.11. The van der Waals surface area contributed by atoms with E-state index in [1.165, 1.54) is 16.7 Å². The second-order valence-corrected chi connectivity index (χ2v) is 6.50. The van der Waals surface area contributed by atoms with Crippen molar-refractivity contribution in [3.8, 4) is 0 Å². The van der Waals surface area contributed by atoms with E-state index in [9.17, 15) is 4.79 Å². The Balaban J connectivity index is 0.00000225. The van der Waals surface area contributed by atoms with Gasteiger partial charge in [-0.25, -0.2) is 0 Å². The van der Waals surface area contributed by atoms with Crippen LogP contribution in [0.25, 0.3) is 0 Å². The summed E-state index contributed by atoms with van der Waals surface area (Å²) in [6, 6.07) is 12.5. The predicted octanol–water partition coefficient (Wildman–Crippen LogP) is 5.22. The van der Waals surface area contributed by atoms with Gasteiger partial charge in [0.25, 0.3) is 0 Å². The lowest BCUT2D eigenvalue weighted by atomic mass is 9.92. The molecule has 0 N–H and O–H groups in total. The molecule has 1 aliphatic rings. The summed E-state index contributed by atoms with van der Waals surface area (Å²) < 4.78 is 0. The van der Waals surface area contributed by atoms with Gasteiger partial charge in [0, 0.05) is 31.7 Å². The van der Waals surface area contributed by atoms with Crippen molar-refractivity contribution in [2.24, 2.45) is 4.99 Å². The number of benzene rings is 2. The molecule has 0 fully saturated rings. The number of hydrogen-bond donors (Lipinski definition) is 0. The standard InChI is InChI=1S/C22H23NO.H2/c1-4-17-10-18(12-21(11-17)20-7-8-23-14-20)13-22(24)19-6-5-15(2)16(3)9-19;/h5-12,14,20H,4,13H2,1-3H3;1H. The summed E-state index contributed by atoms with van der Waals surface area (Å²) in [5, 5.41) is 0. The van der Waals surface area contributed by atoms with Crippen molar-refractivity contribution in [3.63, 3.8) is 0 Å². The van der Waals surface area contributed by atoms with Gasteiger partial charge in [0.05, 0.1) is 0 Å². The van der Waals surface area contributed by atoms with E-state index < -0.39 is 0 Å². The Labute approximate surface area is 145 Å². The van der Waals surface area contributed by atoms with Crippen LogP contribution in [0.15, 0.2) is 53.7 Å². The molecule has 1 aliphatic heterocycles. The molecule has 0 radical (unpaired) electrons. The SMILES string of the molecule is CCc1cc(CC(=O)c2ccc(C)c(C)c2)cc(C2C=CN=C2)c1.[HH]. The third-order valence-corrected chi connectivity index (χ3v) is 4.69. The molecule has 124 valence electrons. The number of carbonyl (C=O) groups is 1. The third kappa shape index (κ3) is 3.53. The number of ketones is 1. The van der Waals surface area contributed by atoms with Crippen LogP contribution in [-0.2, 0) is 12.8 Å². The third-order valence-electron chi connectivity index (χ3n) is 4.69. The fraction of sp³-hybridized carbons (Fsp3) is 0.273. The van der Waals surface area contributed by atoms with Gasteiger partial charge >= 0.3 is 0 Å². The van der Waals surface area contributed by atoms with Gasteiger partial charge in [-0.2, -0.15) is 0 Å². The van der Waals surface area contributed by atoms with Crippen molar-refractivity contribution < 1.29 is 6.22 Å². The van der Waals surface area contributed by atoms with Gasteiger partial charge in [0.2, 0.25) is 0 Å². The average Bonchev–Trinajstić information content (AvgIpc) is 3.11. The zero-order valence-electron chi connectivity index (χ0n) is 14.5.